The standard InChI is InChI=1S/C31H58O4.C30H56O4.C26H48O4/c1-7-29(35-31(34)23-12-10-8-9-11-22-30(32)33)24-28(6)21-15-20-27(5)19-14-18-26(4)17-13-16-25(2)3;1-24(2)15-12-16-25(3)17-13-18-26(4)19-14-20-27(5)23-28(6)34-30(33)22-11-9-7-8-10-21-29(31)32;1-20(2)11-7-12-21(3)13-8-14-22(4)15-9-16-23(5)19-24(6)30-26(29)18-10-17-25(27)28/h24-27,29H,7-23H2,1-6H3,(H,32,33);23-26,28H,7-22H2,1-6H3,(H,31,32);19-22,24H,7-18H2,1-6H3,(H,27,28)/b28-24+;27-23+;23-19+/t26-,27-,29?;25-,26-,28?;21-,22-,24?/m111/s1. The number of aliphatic carboxylic acids is 3. The summed E-state index contributed by atoms with van der Waals surface area (Å²) in [6.07, 6.45) is 52.2. The van der Waals surface area contributed by atoms with E-state index in [1.807, 2.05) is 19.9 Å². The molecule has 12 heteroatoms. The Morgan fingerprint density at radius 2 is 0.485 bits per heavy atom. The molecule has 12 nitrogen and oxygen atoms in total. The Morgan fingerprint density at radius 3 is 0.758 bits per heavy atom. The van der Waals surface area contributed by atoms with Gasteiger partial charge in [-0.2, -0.15) is 0 Å². The van der Waals surface area contributed by atoms with Crippen LogP contribution in [0.15, 0.2) is 34.9 Å². The highest BCUT2D eigenvalue weighted by molar-refractivity contribution is 5.72. The van der Waals surface area contributed by atoms with Crippen LogP contribution in [0, 0.1) is 53.3 Å². The van der Waals surface area contributed by atoms with Crippen molar-refractivity contribution in [2.24, 2.45) is 53.3 Å². The minimum Gasteiger partial charge on any atom is -0.481 e. The van der Waals surface area contributed by atoms with Crippen molar-refractivity contribution >= 4 is 35.8 Å². The highest BCUT2D eigenvalue weighted by Crippen LogP contribution is 2.27. The molecule has 582 valence electrons. The lowest BCUT2D eigenvalue weighted by molar-refractivity contribution is -0.148. The molecule has 0 heterocycles. The van der Waals surface area contributed by atoms with Gasteiger partial charge in [-0.05, 0) is 183 Å². The molecular formula is C87H162O12. The molecule has 0 rings (SSSR count). The van der Waals surface area contributed by atoms with Crippen molar-refractivity contribution in [3.05, 3.63) is 34.9 Å². The number of ether oxygens (including phenoxy) is 3. The van der Waals surface area contributed by atoms with Crippen LogP contribution in [0.2, 0.25) is 0 Å². The van der Waals surface area contributed by atoms with E-state index in [4.69, 9.17) is 29.5 Å². The maximum Gasteiger partial charge on any atom is 0.306 e. The fourth-order valence-electron chi connectivity index (χ4n) is 13.1. The molecule has 0 amide bonds. The monoisotopic (exact) mass is 1400 g/mol. The lowest BCUT2D eigenvalue weighted by Gasteiger charge is -2.16. The van der Waals surface area contributed by atoms with E-state index in [0.717, 1.165) is 143 Å². The van der Waals surface area contributed by atoms with Gasteiger partial charge in [0.15, 0.2) is 0 Å². The molecule has 0 saturated heterocycles. The number of esters is 3. The molecule has 0 aromatic carbocycles. The van der Waals surface area contributed by atoms with Gasteiger partial charge in [-0.1, -0.05) is 280 Å². The maximum absolute atomic E-state index is 12.2. The summed E-state index contributed by atoms with van der Waals surface area (Å²) >= 11 is 0. The van der Waals surface area contributed by atoms with Crippen LogP contribution in [0.5, 0.6) is 0 Å². The second kappa shape index (κ2) is 67.2. The van der Waals surface area contributed by atoms with Gasteiger partial charge in [0, 0.05) is 38.5 Å². The molecule has 0 spiro atoms. The van der Waals surface area contributed by atoms with E-state index in [0.29, 0.717) is 19.3 Å². The first-order valence-corrected chi connectivity index (χ1v) is 41.1. The fraction of sp³-hybridized carbons (Fsp3) is 0.862. The first-order chi connectivity index (χ1) is 46.8. The number of allylic oxidation sites excluding steroid dienone is 3. The topological polar surface area (TPSA) is 191 Å². The summed E-state index contributed by atoms with van der Waals surface area (Å²) in [6.45, 7) is 40.5. The number of rotatable bonds is 63. The number of carboxylic acid groups (broad SMARTS) is 3. The molecule has 0 radical (unpaired) electrons. The Kier molecular flexibility index (Phi) is 67.4. The van der Waals surface area contributed by atoms with Crippen LogP contribution in [-0.4, -0.2) is 69.4 Å². The van der Waals surface area contributed by atoms with Crippen molar-refractivity contribution in [3.63, 3.8) is 0 Å². The van der Waals surface area contributed by atoms with Gasteiger partial charge in [0.25, 0.3) is 0 Å². The van der Waals surface area contributed by atoms with E-state index in [-0.39, 0.29) is 61.9 Å². The molecule has 99 heavy (non-hydrogen) atoms. The summed E-state index contributed by atoms with van der Waals surface area (Å²) in [5.41, 5.74) is 3.89. The minimum atomic E-state index is -0.878. The summed E-state index contributed by atoms with van der Waals surface area (Å²) in [6, 6.07) is 0. The van der Waals surface area contributed by atoms with Crippen LogP contribution < -0.4 is 0 Å². The molecular weight excluding hydrogens is 1240 g/mol. The van der Waals surface area contributed by atoms with Crippen LogP contribution >= 0.6 is 0 Å². The van der Waals surface area contributed by atoms with Gasteiger partial charge >= 0.3 is 35.8 Å². The zero-order valence-electron chi connectivity index (χ0n) is 68.0. The summed E-state index contributed by atoms with van der Waals surface area (Å²) in [5, 5.41) is 25.9. The lowest BCUT2D eigenvalue weighted by Crippen LogP contribution is -2.15. The summed E-state index contributed by atoms with van der Waals surface area (Å²) in [4.78, 5) is 67.4. The van der Waals surface area contributed by atoms with Crippen LogP contribution in [0.25, 0.3) is 0 Å². The third-order valence-electron chi connectivity index (χ3n) is 19.6. The molecule has 3 unspecified atom stereocenters. The number of carbonyl (C=O) groups is 6. The van der Waals surface area contributed by atoms with E-state index in [9.17, 15) is 28.8 Å². The maximum atomic E-state index is 12.2. The van der Waals surface area contributed by atoms with Gasteiger partial charge in [0.1, 0.15) is 18.3 Å². The average Bonchev–Trinajstić information content (AvgIpc) is 1.84. The van der Waals surface area contributed by atoms with Crippen molar-refractivity contribution < 1.29 is 58.3 Å². The lowest BCUT2D eigenvalue weighted by atomic mass is 9.91. The van der Waals surface area contributed by atoms with Gasteiger partial charge in [0.05, 0.1) is 0 Å². The molecule has 0 fully saturated rings. The third kappa shape index (κ3) is 76.5. The van der Waals surface area contributed by atoms with E-state index < -0.39 is 17.9 Å². The molecule has 0 saturated carbocycles. The highest BCUT2D eigenvalue weighted by Gasteiger charge is 2.15. The predicted molar refractivity (Wildman–Crippen MR) is 418 cm³/mol. The van der Waals surface area contributed by atoms with Crippen molar-refractivity contribution in [2.75, 3.05) is 0 Å². The normalized spacial score (nSPS) is 14.8. The smallest absolute Gasteiger partial charge is 0.306 e. The Hall–Kier alpha value is -3.96. The summed E-state index contributed by atoms with van der Waals surface area (Å²) < 4.78 is 16.5. The zero-order chi connectivity index (χ0) is 75.2. The molecule has 0 aliphatic rings. The first-order valence-electron chi connectivity index (χ1n) is 41.1. The Morgan fingerprint density at radius 1 is 0.263 bits per heavy atom. The van der Waals surface area contributed by atoms with E-state index in [1.54, 1.807) is 0 Å². The van der Waals surface area contributed by atoms with Crippen LogP contribution in [0.3, 0.4) is 0 Å². The Balaban J connectivity index is -0.00000140. The van der Waals surface area contributed by atoms with E-state index in [2.05, 4.69) is 123 Å². The van der Waals surface area contributed by atoms with Crippen molar-refractivity contribution in [2.45, 2.75) is 432 Å². The average molecular weight is 1400 g/mol. The first kappa shape index (κ1) is 99.2. The second-order valence-corrected chi connectivity index (χ2v) is 32.5. The Labute approximate surface area is 611 Å². The third-order valence-corrected chi connectivity index (χ3v) is 19.6. The summed E-state index contributed by atoms with van der Waals surface area (Å²) in [5.74, 6) is 4.51. The fourth-order valence-corrected chi connectivity index (χ4v) is 13.1. The van der Waals surface area contributed by atoms with Crippen molar-refractivity contribution in [1.82, 2.24) is 0 Å². The van der Waals surface area contributed by atoms with Crippen molar-refractivity contribution in [1.29, 1.82) is 0 Å². The summed E-state index contributed by atoms with van der Waals surface area (Å²) in [7, 11) is 0. The minimum absolute atomic E-state index is 0.00752. The number of hydrogen-bond donors (Lipinski definition) is 3. The molecule has 3 N–H and O–H groups in total. The van der Waals surface area contributed by atoms with Crippen LogP contribution in [0.1, 0.15) is 414 Å². The second-order valence-electron chi connectivity index (χ2n) is 32.5. The largest absolute Gasteiger partial charge is 0.481 e. The number of carbonyl (C=O) groups excluding carboxylic acids is 3. The van der Waals surface area contributed by atoms with Gasteiger partial charge in [-0.15, -0.1) is 0 Å². The molecule has 0 bridgehead atoms. The highest BCUT2D eigenvalue weighted by atomic mass is 16.6. The van der Waals surface area contributed by atoms with Gasteiger partial charge in [-0.25, -0.2) is 0 Å². The number of hydrogen-bond acceptors (Lipinski definition) is 9. The number of unbranched alkanes of at least 4 members (excludes halogenated alkanes) is 8. The van der Waals surface area contributed by atoms with Crippen LogP contribution in [-0.2, 0) is 43.0 Å². The van der Waals surface area contributed by atoms with Crippen molar-refractivity contribution in [3.8, 4) is 0 Å². The molecule has 0 aromatic rings. The SMILES string of the molecule is C/C(=C\C(C)OC(=O)CCCC(=O)O)CCC[C@H](C)CCC[C@H](C)CCCC(C)C.C/C(=C\C(C)OC(=O)CCCCCCCC(=O)O)CCC[C@H](C)CCC[C@H](C)CCCC(C)C.CCC(/C=C(\C)CCC[C@H](C)CCC[C@H](C)CCCC(C)C)OC(=O)CCCCCCCC(=O)O. The van der Waals surface area contributed by atoms with Gasteiger partial charge in [-0.3, -0.25) is 28.8 Å². The van der Waals surface area contributed by atoms with Gasteiger partial charge < -0.3 is 29.5 Å². The molecule has 0 aliphatic heterocycles. The molecule has 9 atom stereocenters. The Bertz CT molecular complexity index is 2070. The predicted octanol–water partition coefficient (Wildman–Crippen LogP) is 26.2. The van der Waals surface area contributed by atoms with Gasteiger partial charge in [0.2, 0.25) is 0 Å². The number of carboxylic acids is 3. The van der Waals surface area contributed by atoms with Crippen LogP contribution in [0.4, 0.5) is 0 Å². The van der Waals surface area contributed by atoms with E-state index >= 15 is 0 Å². The van der Waals surface area contributed by atoms with E-state index in [1.165, 1.54) is 171 Å². The molecule has 0 aliphatic carbocycles. The molecule has 0 aromatic heterocycles. The zero-order valence-corrected chi connectivity index (χ0v) is 68.0. The quantitative estimate of drug-likeness (QED) is 0.0226.